The summed E-state index contributed by atoms with van der Waals surface area (Å²) >= 11 is 0. The van der Waals surface area contributed by atoms with Crippen LogP contribution in [0, 0.1) is 21.4 Å². The van der Waals surface area contributed by atoms with Crippen LogP contribution in [0.4, 0.5) is 11.4 Å². The van der Waals surface area contributed by atoms with Crippen molar-refractivity contribution in [3.05, 3.63) is 64.8 Å². The van der Waals surface area contributed by atoms with Crippen molar-refractivity contribution in [2.75, 3.05) is 5.32 Å². The summed E-state index contributed by atoms with van der Waals surface area (Å²) in [5.74, 6) is -0.217. The Morgan fingerprint density at radius 2 is 1.82 bits per heavy atom. The zero-order chi connectivity index (χ0) is 23.6. The van der Waals surface area contributed by atoms with Crippen molar-refractivity contribution in [2.24, 2.45) is 17.1 Å². The van der Waals surface area contributed by atoms with Gasteiger partial charge >= 0.3 is 5.69 Å². The van der Waals surface area contributed by atoms with Gasteiger partial charge in [-0.05, 0) is 55.9 Å². The number of primary amides is 1. The first-order chi connectivity index (χ1) is 15.8. The van der Waals surface area contributed by atoms with Gasteiger partial charge in [-0.2, -0.15) is 0 Å². The standard InChI is InChI=1S/C26H30N4O3/c1-26(2,25(27)31)24(18-11-7-4-8-12-18)29-23-20-14-13-19(17-9-5-3-6-10-17)15-21(20)28-16-22(23)30(32)33/h3,5-6,9-10,13-16,18,24H,4,7-8,11-12H2,1-2H3,(H2,27,31)(H,28,29). The van der Waals surface area contributed by atoms with Crippen molar-refractivity contribution in [3.8, 4) is 11.1 Å². The summed E-state index contributed by atoms with van der Waals surface area (Å²) in [6, 6.07) is 15.4. The fraction of sp³-hybridized carbons (Fsp3) is 0.385. The summed E-state index contributed by atoms with van der Waals surface area (Å²) in [5, 5.41) is 16.0. The highest BCUT2D eigenvalue weighted by molar-refractivity contribution is 5.98. The van der Waals surface area contributed by atoms with E-state index in [1.54, 1.807) is 0 Å². The molecule has 1 saturated carbocycles. The Kier molecular flexibility index (Phi) is 6.31. The third kappa shape index (κ3) is 4.53. The van der Waals surface area contributed by atoms with Gasteiger partial charge in [-0.25, -0.2) is 4.98 Å². The Morgan fingerprint density at radius 1 is 1.12 bits per heavy atom. The van der Waals surface area contributed by atoms with Gasteiger partial charge in [0.25, 0.3) is 0 Å². The highest BCUT2D eigenvalue weighted by Gasteiger charge is 2.41. The molecule has 0 bridgehead atoms. The number of nitrogens with zero attached hydrogens (tertiary/aromatic N) is 2. The number of fused-ring (bicyclic) bond motifs is 1. The molecule has 0 aliphatic heterocycles. The van der Waals surface area contributed by atoms with Crippen LogP contribution >= 0.6 is 0 Å². The fourth-order valence-electron chi connectivity index (χ4n) is 4.95. The second-order valence-corrected chi connectivity index (χ2v) is 9.48. The highest BCUT2D eigenvalue weighted by atomic mass is 16.6. The van der Waals surface area contributed by atoms with E-state index in [-0.39, 0.29) is 17.6 Å². The average Bonchev–Trinajstić information content (AvgIpc) is 2.82. The zero-order valence-electron chi connectivity index (χ0n) is 19.1. The number of aromatic nitrogens is 1. The summed E-state index contributed by atoms with van der Waals surface area (Å²) in [6.45, 7) is 3.65. The third-order valence-corrected chi connectivity index (χ3v) is 6.99. The van der Waals surface area contributed by atoms with Gasteiger partial charge < -0.3 is 11.1 Å². The number of carbonyl (C=O) groups is 1. The summed E-state index contributed by atoms with van der Waals surface area (Å²) in [7, 11) is 0. The lowest BCUT2D eigenvalue weighted by Gasteiger charge is -2.40. The second-order valence-electron chi connectivity index (χ2n) is 9.48. The maximum atomic E-state index is 12.4. The minimum atomic E-state index is -0.880. The van der Waals surface area contributed by atoms with Crippen molar-refractivity contribution in [1.82, 2.24) is 4.98 Å². The number of nitro groups is 1. The van der Waals surface area contributed by atoms with Crippen molar-refractivity contribution >= 4 is 28.2 Å². The molecule has 1 aliphatic rings. The van der Waals surface area contributed by atoms with E-state index < -0.39 is 16.2 Å². The maximum Gasteiger partial charge on any atom is 0.311 e. The van der Waals surface area contributed by atoms with E-state index in [9.17, 15) is 14.9 Å². The highest BCUT2D eigenvalue weighted by Crippen LogP contribution is 2.41. The van der Waals surface area contributed by atoms with Gasteiger partial charge in [0, 0.05) is 11.4 Å². The molecular weight excluding hydrogens is 416 g/mol. The largest absolute Gasteiger partial charge is 0.375 e. The molecule has 1 unspecified atom stereocenters. The number of hydrogen-bond acceptors (Lipinski definition) is 5. The fourth-order valence-corrected chi connectivity index (χ4v) is 4.95. The number of nitrogens with one attached hydrogen (secondary N) is 1. The number of amides is 1. The van der Waals surface area contributed by atoms with Gasteiger partial charge in [0.2, 0.25) is 5.91 Å². The topological polar surface area (TPSA) is 111 Å². The molecular formula is C26H30N4O3. The van der Waals surface area contributed by atoms with E-state index in [1.807, 2.05) is 62.4 Å². The molecule has 0 saturated heterocycles. The molecule has 7 nitrogen and oxygen atoms in total. The first-order valence-electron chi connectivity index (χ1n) is 11.5. The van der Waals surface area contributed by atoms with Gasteiger partial charge in [0.15, 0.2) is 0 Å². The van der Waals surface area contributed by atoms with Gasteiger partial charge in [-0.3, -0.25) is 14.9 Å². The predicted molar refractivity (Wildman–Crippen MR) is 131 cm³/mol. The first-order valence-corrected chi connectivity index (χ1v) is 11.5. The van der Waals surface area contributed by atoms with Crippen LogP contribution in [0.15, 0.2) is 54.7 Å². The molecule has 172 valence electrons. The molecule has 1 amide bonds. The maximum absolute atomic E-state index is 12.4. The lowest BCUT2D eigenvalue weighted by Crippen LogP contribution is -2.50. The van der Waals surface area contributed by atoms with Crippen molar-refractivity contribution in [1.29, 1.82) is 0 Å². The molecule has 2 aromatic carbocycles. The number of anilines is 1. The SMILES string of the molecule is CC(C)(C(N)=O)C(Nc1c([N+](=O)[O-])cnc2cc(-c3ccccc3)ccc12)C1CCCCC1. The smallest absolute Gasteiger partial charge is 0.311 e. The van der Waals surface area contributed by atoms with Gasteiger partial charge in [0.1, 0.15) is 11.9 Å². The molecule has 1 fully saturated rings. The molecule has 1 aliphatic carbocycles. The summed E-state index contributed by atoms with van der Waals surface area (Å²) in [6.07, 6.45) is 6.55. The van der Waals surface area contributed by atoms with E-state index in [0.717, 1.165) is 36.8 Å². The molecule has 3 aromatic rings. The normalized spacial score (nSPS) is 15.8. The molecule has 7 heteroatoms. The lowest BCUT2D eigenvalue weighted by molar-refractivity contribution is -0.384. The van der Waals surface area contributed by atoms with Crippen LogP contribution < -0.4 is 11.1 Å². The Labute approximate surface area is 193 Å². The van der Waals surface area contributed by atoms with E-state index in [4.69, 9.17) is 5.73 Å². The summed E-state index contributed by atoms with van der Waals surface area (Å²) < 4.78 is 0. The van der Waals surface area contributed by atoms with Crippen LogP contribution in [0.3, 0.4) is 0 Å². The van der Waals surface area contributed by atoms with E-state index in [0.29, 0.717) is 16.6 Å². The lowest BCUT2D eigenvalue weighted by atomic mass is 9.71. The van der Waals surface area contributed by atoms with Crippen molar-refractivity contribution in [2.45, 2.75) is 52.0 Å². The van der Waals surface area contributed by atoms with Gasteiger partial charge in [-0.15, -0.1) is 0 Å². The number of carbonyl (C=O) groups excluding carboxylic acids is 1. The molecule has 3 N–H and O–H groups in total. The monoisotopic (exact) mass is 446 g/mol. The number of hydrogen-bond donors (Lipinski definition) is 2. The van der Waals surface area contributed by atoms with Crippen molar-refractivity contribution < 1.29 is 9.72 Å². The van der Waals surface area contributed by atoms with Crippen LogP contribution in [0.1, 0.15) is 46.0 Å². The Hall–Kier alpha value is -3.48. The van der Waals surface area contributed by atoms with E-state index >= 15 is 0 Å². The number of pyridine rings is 1. The van der Waals surface area contributed by atoms with E-state index in [1.165, 1.54) is 12.6 Å². The number of benzene rings is 2. The molecule has 33 heavy (non-hydrogen) atoms. The molecule has 0 spiro atoms. The Bertz CT molecular complexity index is 1170. The second kappa shape index (κ2) is 9.17. The van der Waals surface area contributed by atoms with Crippen LogP contribution in [0.2, 0.25) is 0 Å². The van der Waals surface area contributed by atoms with Crippen molar-refractivity contribution in [3.63, 3.8) is 0 Å². The van der Waals surface area contributed by atoms with Gasteiger partial charge in [-0.1, -0.05) is 55.7 Å². The van der Waals surface area contributed by atoms with E-state index in [2.05, 4.69) is 10.3 Å². The Balaban J connectivity index is 1.83. The van der Waals surface area contributed by atoms with Crippen LogP contribution in [0.25, 0.3) is 22.0 Å². The predicted octanol–water partition coefficient (Wildman–Crippen LogP) is 5.68. The molecule has 1 heterocycles. The van der Waals surface area contributed by atoms with Crippen LogP contribution in [-0.2, 0) is 4.79 Å². The quantitative estimate of drug-likeness (QED) is 0.358. The minimum Gasteiger partial charge on any atom is -0.375 e. The van der Waals surface area contributed by atoms with Crippen LogP contribution in [-0.4, -0.2) is 21.9 Å². The first kappa shape index (κ1) is 22.7. The molecule has 0 radical (unpaired) electrons. The zero-order valence-corrected chi connectivity index (χ0v) is 19.1. The van der Waals surface area contributed by atoms with Gasteiger partial charge in [0.05, 0.1) is 15.9 Å². The number of nitrogens with two attached hydrogens (primary N) is 1. The third-order valence-electron chi connectivity index (χ3n) is 6.99. The van der Waals surface area contributed by atoms with Crippen LogP contribution in [0.5, 0.6) is 0 Å². The summed E-state index contributed by atoms with van der Waals surface area (Å²) in [4.78, 5) is 28.3. The molecule has 1 atom stereocenters. The average molecular weight is 447 g/mol. The number of rotatable bonds is 7. The summed E-state index contributed by atoms with van der Waals surface area (Å²) in [5.41, 5.74) is 7.90. The molecule has 4 rings (SSSR count). The Morgan fingerprint density at radius 3 is 2.45 bits per heavy atom. The molecule has 1 aromatic heterocycles. The minimum absolute atomic E-state index is 0.101.